The van der Waals surface area contributed by atoms with Gasteiger partial charge in [0.2, 0.25) is 11.9 Å². The van der Waals surface area contributed by atoms with Crippen molar-refractivity contribution in [1.82, 2.24) is 15.0 Å². The maximum absolute atomic E-state index is 5.04. The summed E-state index contributed by atoms with van der Waals surface area (Å²) in [6.45, 7) is 17.8. The molecule has 0 bridgehead atoms. The maximum Gasteiger partial charge on any atom is 0.232 e. The van der Waals surface area contributed by atoms with Gasteiger partial charge in [-0.05, 0) is 154 Å². The Morgan fingerprint density at radius 1 is 0.462 bits per heavy atom. The van der Waals surface area contributed by atoms with Gasteiger partial charge in [-0.25, -0.2) is 0 Å². The molecule has 0 unspecified atom stereocenters. The molecular weight excluding hydrogens is 635 g/mol. The van der Waals surface area contributed by atoms with Crippen molar-refractivity contribution < 1.29 is 0 Å². The fourth-order valence-corrected chi connectivity index (χ4v) is 7.15. The van der Waals surface area contributed by atoms with Gasteiger partial charge in [0.1, 0.15) is 0 Å². The second kappa shape index (κ2) is 22.4. The third-order valence-corrected chi connectivity index (χ3v) is 10.3. The number of aromatic nitrogens is 3. The number of nitrogens with zero attached hydrogens (tertiary/aromatic N) is 3. The summed E-state index contributed by atoms with van der Waals surface area (Å²) in [5.41, 5.74) is 13.3. The van der Waals surface area contributed by atoms with Crippen LogP contribution < -0.4 is 10.6 Å². The molecule has 0 atom stereocenters. The van der Waals surface area contributed by atoms with E-state index in [9.17, 15) is 0 Å². The summed E-state index contributed by atoms with van der Waals surface area (Å²) < 4.78 is 0. The highest BCUT2D eigenvalue weighted by Gasteiger charge is 2.16. The third-order valence-electron chi connectivity index (χ3n) is 10.3. The van der Waals surface area contributed by atoms with Crippen molar-refractivity contribution in [2.24, 2.45) is 0 Å². The van der Waals surface area contributed by atoms with E-state index in [1.165, 1.54) is 105 Å². The van der Waals surface area contributed by atoms with Crippen LogP contribution in [0, 0.1) is 6.92 Å². The second-order valence-corrected chi connectivity index (χ2v) is 14.7. The first kappa shape index (κ1) is 41.0. The van der Waals surface area contributed by atoms with Crippen LogP contribution >= 0.6 is 0 Å². The first-order valence-electron chi connectivity index (χ1n) is 20.9. The van der Waals surface area contributed by atoms with Crippen molar-refractivity contribution in [2.45, 2.75) is 164 Å². The highest BCUT2D eigenvalue weighted by atomic mass is 15.2. The molecule has 0 aliphatic heterocycles. The van der Waals surface area contributed by atoms with Gasteiger partial charge >= 0.3 is 0 Å². The van der Waals surface area contributed by atoms with Gasteiger partial charge in [0.05, 0.1) is 0 Å². The SMILES string of the molecule is [CH2]Cc1ccc(-c2nc(Nc3cc(CCCC)c(CCCC)c(CCCC)c3)nc(Nc3cc(CCCC)c(CCCC)c(CCCC)c3)n2)cc1. The van der Waals surface area contributed by atoms with Crippen LogP contribution in [-0.4, -0.2) is 15.0 Å². The van der Waals surface area contributed by atoms with Gasteiger partial charge in [-0.2, -0.15) is 15.0 Å². The molecule has 5 nitrogen and oxygen atoms in total. The Balaban J connectivity index is 1.81. The Kier molecular flexibility index (Phi) is 17.6. The van der Waals surface area contributed by atoms with E-state index in [1.807, 2.05) is 0 Å². The lowest BCUT2D eigenvalue weighted by atomic mass is 9.90. The fraction of sp³-hybridized carbons (Fsp3) is 0.532. The molecule has 4 aromatic rings. The number of hydrogen-bond acceptors (Lipinski definition) is 5. The molecule has 0 spiro atoms. The summed E-state index contributed by atoms with van der Waals surface area (Å²) in [5.74, 6) is 1.79. The number of anilines is 4. The molecular formula is C47H68N5. The van der Waals surface area contributed by atoms with Crippen LogP contribution in [0.5, 0.6) is 0 Å². The van der Waals surface area contributed by atoms with Crippen LogP contribution in [-0.2, 0) is 44.9 Å². The Hall–Kier alpha value is -3.73. The van der Waals surface area contributed by atoms with E-state index in [0.29, 0.717) is 17.7 Å². The number of benzene rings is 3. The predicted molar refractivity (Wildman–Crippen MR) is 225 cm³/mol. The monoisotopic (exact) mass is 703 g/mol. The van der Waals surface area contributed by atoms with E-state index >= 15 is 0 Å². The van der Waals surface area contributed by atoms with Crippen LogP contribution in [0.2, 0.25) is 0 Å². The van der Waals surface area contributed by atoms with E-state index in [4.69, 9.17) is 15.0 Å². The summed E-state index contributed by atoms with van der Waals surface area (Å²) in [5, 5.41) is 7.36. The Morgan fingerprint density at radius 3 is 1.13 bits per heavy atom. The van der Waals surface area contributed by atoms with Crippen molar-refractivity contribution in [2.75, 3.05) is 10.6 Å². The largest absolute Gasteiger partial charge is 0.324 e. The molecule has 1 heterocycles. The Morgan fingerprint density at radius 2 is 0.808 bits per heavy atom. The minimum absolute atomic E-state index is 0.565. The van der Waals surface area contributed by atoms with Crippen LogP contribution in [0.1, 0.15) is 158 Å². The van der Waals surface area contributed by atoms with Gasteiger partial charge in [-0.3, -0.25) is 0 Å². The molecule has 2 N–H and O–H groups in total. The van der Waals surface area contributed by atoms with E-state index < -0.39 is 0 Å². The average molecular weight is 703 g/mol. The first-order valence-corrected chi connectivity index (χ1v) is 20.9. The quantitative estimate of drug-likeness (QED) is 0.0761. The molecule has 5 heteroatoms. The summed E-state index contributed by atoms with van der Waals surface area (Å²) >= 11 is 0. The normalized spacial score (nSPS) is 11.3. The minimum atomic E-state index is 0.565. The van der Waals surface area contributed by atoms with Crippen LogP contribution in [0.3, 0.4) is 0 Å². The lowest BCUT2D eigenvalue weighted by Gasteiger charge is -2.19. The van der Waals surface area contributed by atoms with Gasteiger partial charge in [-0.1, -0.05) is 104 Å². The van der Waals surface area contributed by atoms with E-state index in [2.05, 4.69) is 108 Å². The summed E-state index contributed by atoms with van der Waals surface area (Å²) in [6, 6.07) is 17.9. The van der Waals surface area contributed by atoms with Gasteiger partial charge < -0.3 is 10.6 Å². The van der Waals surface area contributed by atoms with Crippen molar-refractivity contribution in [3.8, 4) is 11.4 Å². The summed E-state index contributed by atoms with van der Waals surface area (Å²) in [4.78, 5) is 15.1. The molecule has 0 aliphatic rings. The molecule has 0 aliphatic carbocycles. The summed E-state index contributed by atoms with van der Waals surface area (Å²) in [6.07, 6.45) is 21.9. The van der Waals surface area contributed by atoms with Crippen molar-refractivity contribution in [3.63, 3.8) is 0 Å². The number of nitrogens with one attached hydrogen (secondary N) is 2. The standard InChI is InChI=1S/C47H68N5/c1-8-15-21-37-31-41(32-38(22-16-9-2)43(37)25-19-12-5)48-46-50-45(36-29-27-35(14-7)28-30-36)51-47(52-46)49-42-33-39(23-17-10-3)44(26-20-13-6)40(34-42)24-18-11-4/h27-34H,7-26H2,1-6H3,(H2,48,49,50,51,52). The van der Waals surface area contributed by atoms with Crippen LogP contribution in [0.25, 0.3) is 11.4 Å². The molecule has 0 fully saturated rings. The number of unbranched alkanes of at least 4 members (excludes halogenated alkanes) is 6. The topological polar surface area (TPSA) is 62.7 Å². The molecule has 0 amide bonds. The molecule has 0 saturated carbocycles. The van der Waals surface area contributed by atoms with E-state index in [-0.39, 0.29) is 0 Å². The average Bonchev–Trinajstić information content (AvgIpc) is 3.16. The lowest BCUT2D eigenvalue weighted by molar-refractivity contribution is 0.735. The van der Waals surface area contributed by atoms with E-state index in [0.717, 1.165) is 61.9 Å². The predicted octanol–water partition coefficient (Wildman–Crippen LogP) is 13.5. The van der Waals surface area contributed by atoms with Gasteiger partial charge in [0, 0.05) is 16.9 Å². The maximum atomic E-state index is 5.04. The molecule has 1 aromatic heterocycles. The number of hydrogen-bond donors (Lipinski definition) is 2. The minimum Gasteiger partial charge on any atom is -0.324 e. The third kappa shape index (κ3) is 12.2. The molecule has 0 saturated heterocycles. The first-order chi connectivity index (χ1) is 25.5. The molecule has 4 rings (SSSR count). The molecule has 3 aromatic carbocycles. The second-order valence-electron chi connectivity index (χ2n) is 14.7. The molecule has 52 heavy (non-hydrogen) atoms. The van der Waals surface area contributed by atoms with Crippen molar-refractivity contribution in [1.29, 1.82) is 0 Å². The smallest absolute Gasteiger partial charge is 0.232 e. The zero-order chi connectivity index (χ0) is 37.1. The Bertz CT molecular complexity index is 1490. The van der Waals surface area contributed by atoms with Gasteiger partial charge in [-0.15, -0.1) is 0 Å². The zero-order valence-corrected chi connectivity index (χ0v) is 33.6. The number of rotatable bonds is 24. The Labute approximate surface area is 317 Å². The van der Waals surface area contributed by atoms with Crippen LogP contribution in [0.4, 0.5) is 23.3 Å². The highest BCUT2D eigenvalue weighted by Crippen LogP contribution is 2.31. The lowest BCUT2D eigenvalue weighted by Crippen LogP contribution is -2.09. The number of aryl methyl sites for hydroxylation is 4. The fourth-order valence-electron chi connectivity index (χ4n) is 7.15. The summed E-state index contributed by atoms with van der Waals surface area (Å²) in [7, 11) is 0. The highest BCUT2D eigenvalue weighted by molar-refractivity contribution is 5.66. The van der Waals surface area contributed by atoms with Crippen LogP contribution in [0.15, 0.2) is 48.5 Å². The van der Waals surface area contributed by atoms with Crippen molar-refractivity contribution in [3.05, 3.63) is 94.4 Å². The van der Waals surface area contributed by atoms with E-state index in [1.54, 1.807) is 11.1 Å². The molecule has 281 valence electrons. The van der Waals surface area contributed by atoms with Gasteiger partial charge in [0.15, 0.2) is 5.82 Å². The zero-order valence-electron chi connectivity index (χ0n) is 33.6. The molecule has 1 radical (unpaired) electrons. The van der Waals surface area contributed by atoms with Gasteiger partial charge in [0.25, 0.3) is 0 Å². The van der Waals surface area contributed by atoms with Crippen molar-refractivity contribution >= 4 is 23.3 Å².